The first-order valence-corrected chi connectivity index (χ1v) is 7.10. The summed E-state index contributed by atoms with van der Waals surface area (Å²) in [6.07, 6.45) is 3.37. The first-order chi connectivity index (χ1) is 8.99. The highest BCUT2D eigenvalue weighted by molar-refractivity contribution is 7.11. The molecule has 2 aromatic rings. The number of rotatable bonds is 4. The number of nitrogens with two attached hydrogens (primary N) is 1. The lowest BCUT2D eigenvalue weighted by Gasteiger charge is -2.18. The van der Waals surface area contributed by atoms with Crippen LogP contribution in [0.25, 0.3) is 0 Å². The standard InChI is InChI=1S/C13H19N5S/c1-7(2)10-11(14)16-6-17-12(10)18-9(4)13-15-5-8(3)19-13/h5-7,9H,1-4H3,(H3,14,16,17,18). The van der Waals surface area contributed by atoms with Gasteiger partial charge in [-0.2, -0.15) is 0 Å². The van der Waals surface area contributed by atoms with Crippen LogP contribution in [0.5, 0.6) is 0 Å². The zero-order valence-electron chi connectivity index (χ0n) is 11.6. The second-order valence-electron chi connectivity index (χ2n) is 4.85. The Hall–Kier alpha value is -1.69. The fourth-order valence-electron chi connectivity index (χ4n) is 1.93. The first-order valence-electron chi connectivity index (χ1n) is 6.28. The third kappa shape index (κ3) is 3.01. The van der Waals surface area contributed by atoms with E-state index in [4.69, 9.17) is 5.73 Å². The minimum Gasteiger partial charge on any atom is -0.383 e. The number of nitrogen functional groups attached to an aromatic ring is 1. The summed E-state index contributed by atoms with van der Waals surface area (Å²) in [6.45, 7) is 8.29. The van der Waals surface area contributed by atoms with Gasteiger partial charge in [-0.1, -0.05) is 13.8 Å². The molecule has 1 atom stereocenters. The molecule has 2 aromatic heterocycles. The Balaban J connectivity index is 2.26. The summed E-state index contributed by atoms with van der Waals surface area (Å²) >= 11 is 1.69. The van der Waals surface area contributed by atoms with Crippen LogP contribution in [-0.2, 0) is 0 Å². The van der Waals surface area contributed by atoms with Crippen LogP contribution in [0.3, 0.4) is 0 Å². The molecule has 0 aromatic carbocycles. The summed E-state index contributed by atoms with van der Waals surface area (Å²) < 4.78 is 0. The second-order valence-corrected chi connectivity index (χ2v) is 6.12. The molecule has 0 aliphatic rings. The van der Waals surface area contributed by atoms with E-state index < -0.39 is 0 Å². The Labute approximate surface area is 117 Å². The van der Waals surface area contributed by atoms with Crippen molar-refractivity contribution in [2.75, 3.05) is 11.1 Å². The number of hydrogen-bond acceptors (Lipinski definition) is 6. The fraction of sp³-hybridized carbons (Fsp3) is 0.462. The van der Waals surface area contributed by atoms with Crippen molar-refractivity contribution in [1.82, 2.24) is 15.0 Å². The van der Waals surface area contributed by atoms with Crippen LogP contribution >= 0.6 is 11.3 Å². The molecule has 0 amide bonds. The van der Waals surface area contributed by atoms with Gasteiger partial charge >= 0.3 is 0 Å². The summed E-state index contributed by atoms with van der Waals surface area (Å²) in [5, 5.41) is 4.42. The Bertz CT molecular complexity index is 564. The minimum atomic E-state index is 0.102. The smallest absolute Gasteiger partial charge is 0.135 e. The number of nitrogens with zero attached hydrogens (tertiary/aromatic N) is 3. The van der Waals surface area contributed by atoms with Crippen LogP contribution in [0.4, 0.5) is 11.6 Å². The number of nitrogens with one attached hydrogen (secondary N) is 1. The molecular weight excluding hydrogens is 258 g/mol. The van der Waals surface area contributed by atoms with E-state index in [-0.39, 0.29) is 12.0 Å². The minimum absolute atomic E-state index is 0.102. The van der Waals surface area contributed by atoms with E-state index in [0.29, 0.717) is 5.82 Å². The molecule has 2 rings (SSSR count). The molecule has 19 heavy (non-hydrogen) atoms. The molecule has 2 heterocycles. The van der Waals surface area contributed by atoms with Crippen molar-refractivity contribution in [2.24, 2.45) is 0 Å². The first kappa shape index (κ1) is 13.7. The lowest BCUT2D eigenvalue weighted by atomic mass is 10.0. The molecule has 6 heteroatoms. The van der Waals surface area contributed by atoms with Gasteiger partial charge < -0.3 is 11.1 Å². The average molecular weight is 277 g/mol. The summed E-state index contributed by atoms with van der Waals surface area (Å²) in [5.41, 5.74) is 6.90. The Morgan fingerprint density at radius 1 is 1.21 bits per heavy atom. The molecule has 3 N–H and O–H groups in total. The molecule has 1 unspecified atom stereocenters. The topological polar surface area (TPSA) is 76.7 Å². The summed E-state index contributed by atoms with van der Waals surface area (Å²) in [5.74, 6) is 1.60. The Morgan fingerprint density at radius 3 is 2.53 bits per heavy atom. The molecule has 0 bridgehead atoms. The SMILES string of the molecule is Cc1cnc(C(C)Nc2ncnc(N)c2C(C)C)s1. The predicted octanol–water partition coefficient (Wildman–Crippen LogP) is 3.12. The summed E-state index contributed by atoms with van der Waals surface area (Å²) in [6, 6.07) is 0.102. The Morgan fingerprint density at radius 2 is 1.95 bits per heavy atom. The summed E-state index contributed by atoms with van der Waals surface area (Å²) in [7, 11) is 0. The highest BCUT2D eigenvalue weighted by Crippen LogP contribution is 2.29. The molecule has 0 aliphatic heterocycles. The van der Waals surface area contributed by atoms with Crippen LogP contribution in [-0.4, -0.2) is 15.0 Å². The van der Waals surface area contributed by atoms with Crippen molar-refractivity contribution in [3.63, 3.8) is 0 Å². The van der Waals surface area contributed by atoms with Gasteiger partial charge in [0.05, 0.1) is 6.04 Å². The molecule has 102 valence electrons. The third-order valence-electron chi connectivity index (χ3n) is 2.85. The second kappa shape index (κ2) is 5.52. The van der Waals surface area contributed by atoms with Crippen molar-refractivity contribution in [3.8, 4) is 0 Å². The average Bonchev–Trinajstić information content (AvgIpc) is 2.75. The normalized spacial score (nSPS) is 12.7. The Kier molecular flexibility index (Phi) is 3.99. The van der Waals surface area contributed by atoms with Gasteiger partial charge in [0.1, 0.15) is 23.0 Å². The molecule has 0 spiro atoms. The zero-order valence-corrected chi connectivity index (χ0v) is 12.5. The number of aryl methyl sites for hydroxylation is 1. The summed E-state index contributed by atoms with van der Waals surface area (Å²) in [4.78, 5) is 14.0. The van der Waals surface area contributed by atoms with E-state index in [1.165, 1.54) is 11.2 Å². The van der Waals surface area contributed by atoms with E-state index in [9.17, 15) is 0 Å². The third-order valence-corrected chi connectivity index (χ3v) is 3.95. The van der Waals surface area contributed by atoms with Gasteiger partial charge in [-0.25, -0.2) is 15.0 Å². The van der Waals surface area contributed by atoms with Gasteiger partial charge in [0.15, 0.2) is 0 Å². The van der Waals surface area contributed by atoms with Crippen molar-refractivity contribution < 1.29 is 0 Å². The van der Waals surface area contributed by atoms with Crippen LogP contribution < -0.4 is 11.1 Å². The van der Waals surface area contributed by atoms with Crippen molar-refractivity contribution in [3.05, 3.63) is 28.0 Å². The molecule has 0 saturated heterocycles. The zero-order chi connectivity index (χ0) is 14.0. The largest absolute Gasteiger partial charge is 0.383 e. The van der Waals surface area contributed by atoms with Crippen molar-refractivity contribution in [2.45, 2.75) is 39.7 Å². The van der Waals surface area contributed by atoms with Gasteiger partial charge in [-0.15, -0.1) is 11.3 Å². The van der Waals surface area contributed by atoms with Crippen molar-refractivity contribution >= 4 is 23.0 Å². The number of thiazole rings is 1. The maximum absolute atomic E-state index is 5.94. The fourth-order valence-corrected chi connectivity index (χ4v) is 2.71. The quantitative estimate of drug-likeness (QED) is 0.898. The lowest BCUT2D eigenvalue weighted by molar-refractivity contribution is 0.817. The van der Waals surface area contributed by atoms with E-state index in [1.54, 1.807) is 11.3 Å². The van der Waals surface area contributed by atoms with Gasteiger partial charge in [-0.05, 0) is 19.8 Å². The van der Waals surface area contributed by atoms with Crippen molar-refractivity contribution in [1.29, 1.82) is 0 Å². The van der Waals surface area contributed by atoms with Gasteiger partial charge in [-0.3, -0.25) is 0 Å². The highest BCUT2D eigenvalue weighted by Gasteiger charge is 2.16. The maximum Gasteiger partial charge on any atom is 0.135 e. The number of hydrogen-bond donors (Lipinski definition) is 2. The van der Waals surface area contributed by atoms with Crippen LogP contribution in [0, 0.1) is 6.92 Å². The van der Waals surface area contributed by atoms with Crippen LogP contribution in [0.1, 0.15) is 48.2 Å². The van der Waals surface area contributed by atoms with Gasteiger partial charge in [0, 0.05) is 16.6 Å². The number of anilines is 2. The monoisotopic (exact) mass is 277 g/mol. The lowest BCUT2D eigenvalue weighted by Crippen LogP contribution is -2.12. The molecule has 0 aliphatic carbocycles. The molecule has 0 fully saturated rings. The molecular formula is C13H19N5S. The molecule has 5 nitrogen and oxygen atoms in total. The van der Waals surface area contributed by atoms with Gasteiger partial charge in [0.25, 0.3) is 0 Å². The van der Waals surface area contributed by atoms with E-state index in [0.717, 1.165) is 16.4 Å². The van der Waals surface area contributed by atoms with E-state index in [2.05, 4.69) is 48.0 Å². The van der Waals surface area contributed by atoms with Crippen LogP contribution in [0.15, 0.2) is 12.5 Å². The maximum atomic E-state index is 5.94. The van der Waals surface area contributed by atoms with Crippen LogP contribution in [0.2, 0.25) is 0 Å². The van der Waals surface area contributed by atoms with Gasteiger partial charge in [0.2, 0.25) is 0 Å². The predicted molar refractivity (Wildman–Crippen MR) is 79.4 cm³/mol. The number of aromatic nitrogens is 3. The van der Waals surface area contributed by atoms with E-state index >= 15 is 0 Å². The highest BCUT2D eigenvalue weighted by atomic mass is 32.1. The molecule has 0 radical (unpaired) electrons. The molecule has 0 saturated carbocycles. The van der Waals surface area contributed by atoms with E-state index in [1.807, 2.05) is 6.20 Å².